The molecular weight excluding hydrogens is 208 g/mol. The second-order valence-corrected chi connectivity index (χ2v) is 4.70. The Hall–Kier alpha value is -0.570. The van der Waals surface area contributed by atoms with Crippen molar-refractivity contribution in [2.24, 2.45) is 11.7 Å². The maximum Gasteiger partial charge on any atom is 0.0409 e. The lowest BCUT2D eigenvalue weighted by Crippen LogP contribution is -2.25. The molecule has 1 fully saturated rings. The number of halogens is 1. The van der Waals surface area contributed by atoms with Crippen LogP contribution >= 0.6 is 11.6 Å². The molecule has 0 aliphatic carbocycles. The molecule has 1 aromatic rings. The van der Waals surface area contributed by atoms with Gasteiger partial charge in [0.05, 0.1) is 0 Å². The van der Waals surface area contributed by atoms with Gasteiger partial charge in [0.25, 0.3) is 0 Å². The van der Waals surface area contributed by atoms with Crippen molar-refractivity contribution in [3.63, 3.8) is 0 Å². The van der Waals surface area contributed by atoms with Crippen LogP contribution < -0.4 is 5.73 Å². The molecule has 1 heterocycles. The number of hydrogen-bond donors (Lipinski definition) is 1. The van der Waals surface area contributed by atoms with Gasteiger partial charge < -0.3 is 5.73 Å². The molecule has 0 aromatic heterocycles. The van der Waals surface area contributed by atoms with Crippen molar-refractivity contribution in [1.29, 1.82) is 0 Å². The molecule has 2 N–H and O–H groups in total. The summed E-state index contributed by atoms with van der Waals surface area (Å²) >= 11 is 6.01. The van der Waals surface area contributed by atoms with Crippen LogP contribution in [-0.4, -0.2) is 25.0 Å². The average molecular weight is 225 g/mol. The molecule has 0 unspecified atom stereocenters. The van der Waals surface area contributed by atoms with Gasteiger partial charge in [0.15, 0.2) is 0 Å². The molecule has 0 radical (unpaired) electrons. The topological polar surface area (TPSA) is 29.3 Å². The van der Waals surface area contributed by atoms with Crippen LogP contribution in [0.15, 0.2) is 24.3 Å². The van der Waals surface area contributed by atoms with Crippen LogP contribution in [0.2, 0.25) is 5.02 Å². The Morgan fingerprint density at radius 3 is 3.00 bits per heavy atom. The van der Waals surface area contributed by atoms with Crippen LogP contribution in [0.3, 0.4) is 0 Å². The maximum absolute atomic E-state index is 6.01. The summed E-state index contributed by atoms with van der Waals surface area (Å²) in [5.41, 5.74) is 7.09. The molecular formula is C12H17ClN2. The van der Waals surface area contributed by atoms with Gasteiger partial charge >= 0.3 is 0 Å². The number of benzene rings is 1. The highest BCUT2D eigenvalue weighted by Crippen LogP contribution is 2.35. The lowest BCUT2D eigenvalue weighted by Gasteiger charge is -2.24. The Balaban J connectivity index is 2.28. The van der Waals surface area contributed by atoms with Crippen molar-refractivity contribution in [1.82, 2.24) is 4.90 Å². The number of nitrogens with zero attached hydrogens (tertiary/aromatic N) is 1. The Kier molecular flexibility index (Phi) is 3.29. The molecule has 2 nitrogen and oxygen atoms in total. The standard InChI is InChI=1S/C12H17ClN2/c1-15-6-5-10(8-14)12(15)9-3-2-4-11(13)7-9/h2-4,7,10,12H,5-6,8,14H2,1H3/t10-,12+/m0/s1. The van der Waals surface area contributed by atoms with Gasteiger partial charge in [-0.3, -0.25) is 4.90 Å². The van der Waals surface area contributed by atoms with Crippen LogP contribution in [0.4, 0.5) is 0 Å². The van der Waals surface area contributed by atoms with Gasteiger partial charge in [0.1, 0.15) is 0 Å². The molecule has 1 aromatic carbocycles. The van der Waals surface area contributed by atoms with Crippen molar-refractivity contribution in [3.8, 4) is 0 Å². The fourth-order valence-electron chi connectivity index (χ4n) is 2.49. The van der Waals surface area contributed by atoms with Gasteiger partial charge in [-0.1, -0.05) is 23.7 Å². The summed E-state index contributed by atoms with van der Waals surface area (Å²) in [6, 6.07) is 8.56. The van der Waals surface area contributed by atoms with E-state index in [0.29, 0.717) is 12.0 Å². The predicted octanol–water partition coefficient (Wildman–Crippen LogP) is 2.29. The van der Waals surface area contributed by atoms with Crippen molar-refractivity contribution >= 4 is 11.6 Å². The molecule has 1 aliphatic rings. The minimum atomic E-state index is 0.439. The molecule has 0 saturated carbocycles. The molecule has 3 heteroatoms. The molecule has 82 valence electrons. The highest BCUT2D eigenvalue weighted by atomic mass is 35.5. The smallest absolute Gasteiger partial charge is 0.0409 e. The Labute approximate surface area is 96.0 Å². The molecule has 0 amide bonds. The molecule has 1 saturated heterocycles. The number of hydrogen-bond acceptors (Lipinski definition) is 2. The van der Waals surface area contributed by atoms with Crippen molar-refractivity contribution in [2.45, 2.75) is 12.5 Å². The third kappa shape index (κ3) is 2.17. The molecule has 0 bridgehead atoms. The highest BCUT2D eigenvalue weighted by molar-refractivity contribution is 6.30. The van der Waals surface area contributed by atoms with E-state index in [9.17, 15) is 0 Å². The predicted molar refractivity (Wildman–Crippen MR) is 64.0 cm³/mol. The van der Waals surface area contributed by atoms with E-state index in [4.69, 9.17) is 17.3 Å². The average Bonchev–Trinajstić information content (AvgIpc) is 2.59. The minimum Gasteiger partial charge on any atom is -0.330 e. The summed E-state index contributed by atoms with van der Waals surface area (Å²) in [6.07, 6.45) is 1.18. The number of rotatable bonds is 2. The van der Waals surface area contributed by atoms with Gasteiger partial charge in [-0.05, 0) is 50.2 Å². The Bertz CT molecular complexity index is 340. The lowest BCUT2D eigenvalue weighted by molar-refractivity contribution is 0.279. The van der Waals surface area contributed by atoms with E-state index in [2.05, 4.69) is 24.1 Å². The zero-order valence-corrected chi connectivity index (χ0v) is 9.74. The van der Waals surface area contributed by atoms with E-state index in [1.807, 2.05) is 12.1 Å². The van der Waals surface area contributed by atoms with Crippen LogP contribution in [0.25, 0.3) is 0 Å². The van der Waals surface area contributed by atoms with E-state index in [-0.39, 0.29) is 0 Å². The summed E-state index contributed by atoms with van der Waals surface area (Å²) in [5.74, 6) is 0.563. The van der Waals surface area contributed by atoms with Gasteiger partial charge in [0, 0.05) is 11.1 Å². The maximum atomic E-state index is 6.01. The first-order valence-electron chi connectivity index (χ1n) is 5.38. The van der Waals surface area contributed by atoms with Crippen LogP contribution in [0.5, 0.6) is 0 Å². The third-order valence-corrected chi connectivity index (χ3v) is 3.50. The van der Waals surface area contributed by atoms with Crippen LogP contribution in [0.1, 0.15) is 18.0 Å². The van der Waals surface area contributed by atoms with E-state index >= 15 is 0 Å². The fourth-order valence-corrected chi connectivity index (χ4v) is 2.69. The van der Waals surface area contributed by atoms with Gasteiger partial charge in [0.2, 0.25) is 0 Å². The second-order valence-electron chi connectivity index (χ2n) is 4.26. The summed E-state index contributed by atoms with van der Waals surface area (Å²) in [4.78, 5) is 2.36. The fraction of sp³-hybridized carbons (Fsp3) is 0.500. The highest BCUT2D eigenvalue weighted by Gasteiger charge is 2.31. The SMILES string of the molecule is CN1CC[C@@H](CN)[C@H]1c1cccc(Cl)c1. The molecule has 1 aliphatic heterocycles. The second kappa shape index (κ2) is 4.52. The molecule has 0 spiro atoms. The summed E-state index contributed by atoms with van der Waals surface area (Å²) in [7, 11) is 2.15. The summed E-state index contributed by atoms with van der Waals surface area (Å²) < 4.78 is 0. The first kappa shape index (κ1) is 10.9. The van der Waals surface area contributed by atoms with Crippen molar-refractivity contribution < 1.29 is 0 Å². The lowest BCUT2D eigenvalue weighted by atomic mass is 9.94. The number of likely N-dealkylation sites (tertiary alicyclic amines) is 1. The van der Waals surface area contributed by atoms with E-state index < -0.39 is 0 Å². The zero-order chi connectivity index (χ0) is 10.8. The Morgan fingerprint density at radius 1 is 1.53 bits per heavy atom. The minimum absolute atomic E-state index is 0.439. The first-order valence-corrected chi connectivity index (χ1v) is 5.76. The Morgan fingerprint density at radius 2 is 2.33 bits per heavy atom. The first-order chi connectivity index (χ1) is 7.22. The molecule has 2 atom stereocenters. The van der Waals surface area contributed by atoms with Crippen molar-refractivity contribution in [2.75, 3.05) is 20.1 Å². The molecule has 2 rings (SSSR count). The quantitative estimate of drug-likeness (QED) is 0.836. The van der Waals surface area contributed by atoms with E-state index in [1.54, 1.807) is 0 Å². The van der Waals surface area contributed by atoms with E-state index in [1.165, 1.54) is 12.0 Å². The molecule has 15 heavy (non-hydrogen) atoms. The third-order valence-electron chi connectivity index (χ3n) is 3.27. The van der Waals surface area contributed by atoms with Crippen molar-refractivity contribution in [3.05, 3.63) is 34.9 Å². The van der Waals surface area contributed by atoms with Gasteiger partial charge in [-0.15, -0.1) is 0 Å². The monoisotopic (exact) mass is 224 g/mol. The number of nitrogens with two attached hydrogens (primary N) is 1. The normalized spacial score (nSPS) is 27.1. The summed E-state index contributed by atoms with van der Waals surface area (Å²) in [6.45, 7) is 1.88. The largest absolute Gasteiger partial charge is 0.330 e. The van der Waals surface area contributed by atoms with Gasteiger partial charge in [-0.25, -0.2) is 0 Å². The van der Waals surface area contributed by atoms with Crippen LogP contribution in [-0.2, 0) is 0 Å². The zero-order valence-electron chi connectivity index (χ0n) is 8.99. The van der Waals surface area contributed by atoms with Crippen LogP contribution in [0, 0.1) is 5.92 Å². The summed E-state index contributed by atoms with van der Waals surface area (Å²) in [5, 5.41) is 0.809. The van der Waals surface area contributed by atoms with Gasteiger partial charge in [-0.2, -0.15) is 0 Å². The van der Waals surface area contributed by atoms with E-state index in [0.717, 1.165) is 18.1 Å².